The molecule has 0 aromatic carbocycles. The van der Waals surface area contributed by atoms with Crippen LogP contribution in [0.1, 0.15) is 213 Å². The molecule has 0 aromatic rings. The van der Waals surface area contributed by atoms with E-state index in [4.69, 9.17) is 18.5 Å². The van der Waals surface area contributed by atoms with Crippen molar-refractivity contribution < 1.29 is 37.3 Å². The zero-order chi connectivity index (χ0) is 38.4. The summed E-state index contributed by atoms with van der Waals surface area (Å²) in [5, 5.41) is 0. The Bertz CT molecular complexity index is 807. The van der Waals surface area contributed by atoms with Crippen LogP contribution in [0.25, 0.3) is 0 Å². The second kappa shape index (κ2) is 37.4. The van der Waals surface area contributed by atoms with Crippen LogP contribution in [0, 0.1) is 0 Å². The smallest absolute Gasteiger partial charge is 0.306 e. The van der Waals surface area contributed by atoms with Crippen molar-refractivity contribution in [1.29, 1.82) is 0 Å². The number of phosphoric ester groups is 1. The number of rotatable bonds is 42. The van der Waals surface area contributed by atoms with Crippen LogP contribution >= 0.6 is 7.82 Å². The highest BCUT2D eigenvalue weighted by molar-refractivity contribution is 7.45. The Morgan fingerprint density at radius 2 is 0.885 bits per heavy atom. The minimum absolute atomic E-state index is 0.0303. The van der Waals surface area contributed by atoms with E-state index >= 15 is 0 Å². The maximum Gasteiger partial charge on any atom is 0.306 e. The largest absolute Gasteiger partial charge is 0.756 e. The molecule has 8 nitrogen and oxygen atoms in total. The van der Waals surface area contributed by atoms with Gasteiger partial charge in [0.1, 0.15) is 19.3 Å². The fourth-order valence-electron chi connectivity index (χ4n) is 6.43. The van der Waals surface area contributed by atoms with Crippen molar-refractivity contribution in [3.05, 3.63) is 0 Å². The molecule has 0 aliphatic rings. The number of likely N-dealkylation sites (N-methyl/N-ethyl adjacent to an activating group) is 1. The molecule has 0 bridgehead atoms. The third kappa shape index (κ3) is 40.7. The normalized spacial score (nSPS) is 13.7. The minimum atomic E-state index is -4.50. The molecule has 0 N–H and O–H groups in total. The fourth-order valence-corrected chi connectivity index (χ4v) is 7.16. The number of hydrogen-bond donors (Lipinski definition) is 0. The number of unbranched alkanes of at least 4 members (excludes halogenated alkanes) is 28. The van der Waals surface area contributed by atoms with Gasteiger partial charge in [0.15, 0.2) is 0 Å². The molecule has 0 aliphatic carbocycles. The van der Waals surface area contributed by atoms with Crippen LogP contribution in [0.5, 0.6) is 0 Å². The van der Waals surface area contributed by atoms with Crippen LogP contribution in [-0.4, -0.2) is 70.7 Å². The van der Waals surface area contributed by atoms with Crippen molar-refractivity contribution in [3.8, 4) is 0 Å². The molecule has 0 rings (SSSR count). The first kappa shape index (κ1) is 51.5. The summed E-state index contributed by atoms with van der Waals surface area (Å²) >= 11 is 0. The molecule has 0 radical (unpaired) electrons. The Balaban J connectivity index is 3.82. The zero-order valence-electron chi connectivity index (χ0n) is 35.3. The maximum absolute atomic E-state index is 12.4. The number of phosphoric acid groups is 1. The van der Waals surface area contributed by atoms with Gasteiger partial charge >= 0.3 is 5.97 Å². The zero-order valence-corrected chi connectivity index (χ0v) is 36.2. The molecule has 0 amide bonds. The van der Waals surface area contributed by atoms with E-state index in [0.29, 0.717) is 24.1 Å². The number of esters is 1. The molecule has 0 saturated heterocycles. The SMILES string of the molecule is CCCCCCCCCCCCCCCCCCCCCCCCCCCOCC(COP(=O)([O-])OCC[N+](C)(C)C)OC(=O)CCCCCCC. The lowest BCUT2D eigenvalue weighted by Gasteiger charge is -2.28. The summed E-state index contributed by atoms with van der Waals surface area (Å²) < 4.78 is 34.3. The molecule has 0 aliphatic heterocycles. The highest BCUT2D eigenvalue weighted by Crippen LogP contribution is 2.38. The van der Waals surface area contributed by atoms with E-state index in [1.165, 1.54) is 148 Å². The van der Waals surface area contributed by atoms with Crippen molar-refractivity contribution in [1.82, 2.24) is 0 Å². The number of hydrogen-bond acceptors (Lipinski definition) is 7. The van der Waals surface area contributed by atoms with Gasteiger partial charge in [0.05, 0.1) is 34.4 Å². The van der Waals surface area contributed by atoms with Crippen molar-refractivity contribution in [2.45, 2.75) is 219 Å². The molecule has 0 spiro atoms. The van der Waals surface area contributed by atoms with Gasteiger partial charge in [-0.25, -0.2) is 0 Å². The minimum Gasteiger partial charge on any atom is -0.756 e. The van der Waals surface area contributed by atoms with Crippen LogP contribution in [0.4, 0.5) is 0 Å². The third-order valence-corrected chi connectivity index (χ3v) is 10.9. The topological polar surface area (TPSA) is 94.1 Å². The van der Waals surface area contributed by atoms with Gasteiger partial charge in [-0.15, -0.1) is 0 Å². The second-order valence-corrected chi connectivity index (χ2v) is 17.8. The van der Waals surface area contributed by atoms with Crippen LogP contribution in [-0.2, 0) is 27.9 Å². The Labute approximate surface area is 323 Å². The number of ether oxygens (including phenoxy) is 2. The highest BCUT2D eigenvalue weighted by Gasteiger charge is 2.20. The molecular formula is C43H88NO7P. The van der Waals surface area contributed by atoms with E-state index in [1.807, 2.05) is 21.1 Å². The van der Waals surface area contributed by atoms with Crippen LogP contribution in [0.15, 0.2) is 0 Å². The van der Waals surface area contributed by atoms with Gasteiger partial charge in [0, 0.05) is 13.0 Å². The predicted octanol–water partition coefficient (Wildman–Crippen LogP) is 12.3. The Morgan fingerprint density at radius 3 is 1.27 bits per heavy atom. The Morgan fingerprint density at radius 1 is 0.519 bits per heavy atom. The molecule has 0 fully saturated rings. The standard InChI is InChI=1S/C43H88NO7P/c1-6-8-10-12-13-14-15-16-17-18-19-20-21-22-23-24-25-26-27-28-29-30-31-33-35-38-48-40-42(51-43(45)36-34-32-11-9-7-2)41-50-52(46,47)49-39-37-44(3,4)5/h42H,6-41H2,1-5H3. The molecule has 52 heavy (non-hydrogen) atoms. The molecule has 9 heteroatoms. The Hall–Kier alpha value is -0.500. The summed E-state index contributed by atoms with van der Waals surface area (Å²) in [6, 6.07) is 0. The van der Waals surface area contributed by atoms with Gasteiger partial charge in [0.25, 0.3) is 7.82 Å². The van der Waals surface area contributed by atoms with Crippen molar-refractivity contribution in [2.75, 3.05) is 54.1 Å². The molecule has 2 unspecified atom stereocenters. The lowest BCUT2D eigenvalue weighted by molar-refractivity contribution is -0.870. The van der Waals surface area contributed by atoms with Gasteiger partial charge < -0.3 is 27.9 Å². The van der Waals surface area contributed by atoms with Gasteiger partial charge in [-0.05, 0) is 12.8 Å². The van der Waals surface area contributed by atoms with Crippen molar-refractivity contribution >= 4 is 13.8 Å². The second-order valence-electron chi connectivity index (χ2n) is 16.4. The van der Waals surface area contributed by atoms with Crippen LogP contribution in [0.3, 0.4) is 0 Å². The number of nitrogens with zero attached hydrogens (tertiary/aromatic N) is 1. The fraction of sp³-hybridized carbons (Fsp3) is 0.977. The number of carbonyl (C=O) groups is 1. The molecule has 0 heterocycles. The molecule has 2 atom stereocenters. The average Bonchev–Trinajstić information content (AvgIpc) is 3.09. The molecule has 0 aromatic heterocycles. The summed E-state index contributed by atoms with van der Waals surface area (Å²) in [4.78, 5) is 24.7. The first-order valence-electron chi connectivity index (χ1n) is 22.3. The van der Waals surface area contributed by atoms with E-state index in [1.54, 1.807) is 0 Å². The summed E-state index contributed by atoms with van der Waals surface area (Å²) in [6.45, 7) is 5.37. The number of carbonyl (C=O) groups excluding carboxylic acids is 1. The maximum atomic E-state index is 12.4. The Kier molecular flexibility index (Phi) is 37.1. The van der Waals surface area contributed by atoms with E-state index in [2.05, 4.69) is 13.8 Å². The van der Waals surface area contributed by atoms with E-state index in [-0.39, 0.29) is 25.8 Å². The summed E-state index contributed by atoms with van der Waals surface area (Å²) in [5.41, 5.74) is 0. The first-order chi connectivity index (χ1) is 25.1. The average molecular weight is 762 g/mol. The van der Waals surface area contributed by atoms with Crippen molar-refractivity contribution in [3.63, 3.8) is 0 Å². The van der Waals surface area contributed by atoms with Gasteiger partial charge in [-0.2, -0.15) is 0 Å². The first-order valence-corrected chi connectivity index (χ1v) is 23.7. The molecule has 0 saturated carbocycles. The van der Waals surface area contributed by atoms with Gasteiger partial charge in [0.2, 0.25) is 0 Å². The van der Waals surface area contributed by atoms with E-state index < -0.39 is 13.9 Å². The summed E-state index contributed by atoms with van der Waals surface area (Å²) in [7, 11) is 1.37. The lowest BCUT2D eigenvalue weighted by Crippen LogP contribution is -2.37. The quantitative estimate of drug-likeness (QED) is 0.0264. The third-order valence-electron chi connectivity index (χ3n) is 9.91. The van der Waals surface area contributed by atoms with E-state index in [0.717, 1.165) is 44.9 Å². The molecular weight excluding hydrogens is 673 g/mol. The summed E-state index contributed by atoms with van der Waals surface area (Å²) in [5.74, 6) is -0.342. The van der Waals surface area contributed by atoms with Crippen molar-refractivity contribution in [2.24, 2.45) is 0 Å². The molecule has 312 valence electrons. The van der Waals surface area contributed by atoms with E-state index in [9.17, 15) is 14.3 Å². The lowest BCUT2D eigenvalue weighted by atomic mass is 10.0. The predicted molar refractivity (Wildman–Crippen MR) is 218 cm³/mol. The van der Waals surface area contributed by atoms with Gasteiger partial charge in [-0.3, -0.25) is 9.36 Å². The van der Waals surface area contributed by atoms with Gasteiger partial charge in [-0.1, -0.05) is 194 Å². The number of quaternary nitrogens is 1. The van der Waals surface area contributed by atoms with Crippen LogP contribution in [0.2, 0.25) is 0 Å². The highest BCUT2D eigenvalue weighted by atomic mass is 31.2. The van der Waals surface area contributed by atoms with Crippen LogP contribution < -0.4 is 4.89 Å². The monoisotopic (exact) mass is 762 g/mol. The summed E-state index contributed by atoms with van der Waals surface area (Å²) in [6.07, 6.45) is 38.9.